The average Bonchev–Trinajstić information content (AvgIpc) is 1.83. The first kappa shape index (κ1) is 7.34. The van der Waals surface area contributed by atoms with E-state index in [4.69, 9.17) is 6.00 Å². The molecule has 0 aromatic rings. The highest BCUT2D eigenvalue weighted by Crippen LogP contribution is 1.80. The smallest absolute Gasteiger partial charge is 0.281 e. The lowest BCUT2D eigenvalue weighted by Crippen LogP contribution is -2.09. The van der Waals surface area contributed by atoms with Gasteiger partial charge in [0.05, 0.1) is 0 Å². The maximum Gasteiger partial charge on any atom is 0.281 e. The van der Waals surface area contributed by atoms with Crippen LogP contribution in [0.15, 0.2) is 11.8 Å². The van der Waals surface area contributed by atoms with Crippen molar-refractivity contribution in [3.63, 3.8) is 0 Å². The van der Waals surface area contributed by atoms with Crippen LogP contribution in [0, 0.1) is 6.00 Å². The molecule has 0 aliphatic carbocycles. The minimum atomic E-state index is 0.00165. The molecule has 0 aromatic heterocycles. The van der Waals surface area contributed by atoms with E-state index in [-0.39, 0.29) is 9.20 Å². The van der Waals surface area contributed by atoms with Crippen molar-refractivity contribution >= 4 is 9.20 Å². The molecule has 0 saturated carbocycles. The SMILES string of the molecule is C#[Si]ON/C(C)=C\C. The molecule has 0 aliphatic heterocycles. The number of rotatable bonds is 2. The van der Waals surface area contributed by atoms with Crippen LogP contribution in [0.5, 0.6) is 0 Å². The van der Waals surface area contributed by atoms with Crippen molar-refractivity contribution in [2.45, 2.75) is 13.8 Å². The number of nitrogens with one attached hydrogen (secondary N) is 1. The molecule has 0 radical (unpaired) electrons. The fourth-order valence-corrected chi connectivity index (χ4v) is 0.389. The quantitative estimate of drug-likeness (QED) is 0.434. The van der Waals surface area contributed by atoms with Crippen molar-refractivity contribution in [3.8, 4) is 6.00 Å². The largest absolute Gasteiger partial charge is 0.397 e. The van der Waals surface area contributed by atoms with E-state index in [1.54, 1.807) is 0 Å². The molecular weight excluding hydrogens is 118 g/mol. The van der Waals surface area contributed by atoms with Crippen LogP contribution in [-0.4, -0.2) is 9.20 Å². The summed E-state index contributed by atoms with van der Waals surface area (Å²) < 4.78 is 4.67. The highest BCUT2D eigenvalue weighted by molar-refractivity contribution is 6.11. The second-order valence-electron chi connectivity index (χ2n) is 1.29. The minimum absolute atomic E-state index is 0.00165. The number of hydrogen-bond donors (Lipinski definition) is 1. The van der Waals surface area contributed by atoms with Crippen LogP contribution in [0.25, 0.3) is 0 Å². The molecule has 0 spiro atoms. The number of hydrogen-bond acceptors (Lipinski definition) is 2. The van der Waals surface area contributed by atoms with Crippen LogP contribution in [-0.2, 0) is 4.53 Å². The Morgan fingerprint density at radius 1 is 1.88 bits per heavy atom. The normalized spacial score (nSPS) is 9.88. The van der Waals surface area contributed by atoms with Crippen LogP contribution in [0.4, 0.5) is 0 Å². The Morgan fingerprint density at radius 3 is 2.88 bits per heavy atom. The summed E-state index contributed by atoms with van der Waals surface area (Å²) in [6.07, 6.45) is 1.90. The Labute approximate surface area is 51.7 Å². The molecule has 0 atom stereocenters. The van der Waals surface area contributed by atoms with Crippen LogP contribution in [0.3, 0.4) is 0 Å². The summed E-state index contributed by atoms with van der Waals surface area (Å²) in [7, 11) is 0.00165. The summed E-state index contributed by atoms with van der Waals surface area (Å²) in [6.45, 7) is 3.82. The van der Waals surface area contributed by atoms with Crippen molar-refractivity contribution in [1.29, 1.82) is 0 Å². The molecule has 0 heterocycles. The second kappa shape index (κ2) is 4.49. The Kier molecular flexibility index (Phi) is 4.12. The lowest BCUT2D eigenvalue weighted by molar-refractivity contribution is 0.252. The first-order valence-electron chi connectivity index (χ1n) is 2.31. The van der Waals surface area contributed by atoms with Gasteiger partial charge in [0, 0.05) is 5.70 Å². The van der Waals surface area contributed by atoms with Gasteiger partial charge in [0.2, 0.25) is 0 Å². The summed E-state index contributed by atoms with van der Waals surface area (Å²) in [4.78, 5) is 0. The Bertz CT molecular complexity index is 125. The third kappa shape index (κ3) is 3.52. The number of allylic oxidation sites excluding steroid dienone is 2. The predicted molar refractivity (Wildman–Crippen MR) is 34.4 cm³/mol. The summed E-state index contributed by atoms with van der Waals surface area (Å²) in [5, 5.41) is 0. The minimum Gasteiger partial charge on any atom is -0.397 e. The lowest BCUT2D eigenvalue weighted by Gasteiger charge is -1.99. The Morgan fingerprint density at radius 2 is 2.50 bits per heavy atom. The van der Waals surface area contributed by atoms with Gasteiger partial charge >= 0.3 is 0 Å². The third-order valence-electron chi connectivity index (χ3n) is 0.704. The van der Waals surface area contributed by atoms with E-state index in [0.717, 1.165) is 5.70 Å². The van der Waals surface area contributed by atoms with Crippen LogP contribution in [0.1, 0.15) is 13.8 Å². The van der Waals surface area contributed by atoms with Crippen molar-refractivity contribution < 1.29 is 4.53 Å². The van der Waals surface area contributed by atoms with E-state index in [1.165, 1.54) is 0 Å². The molecule has 1 N–H and O–H groups in total. The molecule has 2 nitrogen and oxygen atoms in total. The molecule has 0 bridgehead atoms. The second-order valence-corrected chi connectivity index (χ2v) is 1.73. The van der Waals surface area contributed by atoms with Gasteiger partial charge in [-0.15, -0.1) is 6.00 Å². The van der Waals surface area contributed by atoms with E-state index >= 15 is 0 Å². The molecule has 44 valence electrons. The summed E-state index contributed by atoms with van der Waals surface area (Å²) >= 11 is 0. The van der Waals surface area contributed by atoms with Gasteiger partial charge in [0.25, 0.3) is 9.20 Å². The zero-order valence-corrected chi connectivity index (χ0v) is 6.06. The maximum atomic E-state index is 5.05. The van der Waals surface area contributed by atoms with Gasteiger partial charge in [0.1, 0.15) is 0 Å². The summed E-state index contributed by atoms with van der Waals surface area (Å²) in [5.41, 5.74) is 3.61. The molecule has 0 fully saturated rings. The Hall–Kier alpha value is -0.663. The molecule has 0 aliphatic rings. The predicted octanol–water partition coefficient (Wildman–Crippen LogP) is 0.639. The highest BCUT2D eigenvalue weighted by Gasteiger charge is 1.77. The maximum absolute atomic E-state index is 5.05. The van der Waals surface area contributed by atoms with E-state index in [9.17, 15) is 0 Å². The average molecular weight is 127 g/mol. The van der Waals surface area contributed by atoms with Crippen LogP contribution in [0.2, 0.25) is 0 Å². The first-order valence-corrected chi connectivity index (χ1v) is 3.30. The molecule has 0 aromatic carbocycles. The molecule has 8 heavy (non-hydrogen) atoms. The van der Waals surface area contributed by atoms with Crippen molar-refractivity contribution in [2.24, 2.45) is 0 Å². The zero-order chi connectivity index (χ0) is 6.41. The molecule has 0 amide bonds. The number of hydroxylamine groups is 1. The Balaban J connectivity index is 3.29. The summed E-state index contributed by atoms with van der Waals surface area (Å²) in [6, 6.07) is 5.05. The lowest BCUT2D eigenvalue weighted by atomic mass is 10.5. The summed E-state index contributed by atoms with van der Waals surface area (Å²) in [5.74, 6) is 0. The fraction of sp³-hybridized carbons (Fsp3) is 0.400. The highest BCUT2D eigenvalue weighted by atomic mass is 28.2. The van der Waals surface area contributed by atoms with Gasteiger partial charge in [-0.2, -0.15) is 0 Å². The van der Waals surface area contributed by atoms with Crippen LogP contribution < -0.4 is 5.48 Å². The van der Waals surface area contributed by atoms with E-state index in [2.05, 4.69) is 10.0 Å². The van der Waals surface area contributed by atoms with E-state index in [0.29, 0.717) is 0 Å². The van der Waals surface area contributed by atoms with Crippen LogP contribution >= 0.6 is 0 Å². The van der Waals surface area contributed by atoms with Crippen molar-refractivity contribution in [1.82, 2.24) is 5.48 Å². The van der Waals surface area contributed by atoms with Gasteiger partial charge in [-0.05, 0) is 13.8 Å². The molecular formula is C5H9NOSi. The molecule has 3 heteroatoms. The van der Waals surface area contributed by atoms with Gasteiger partial charge in [-0.1, -0.05) is 6.08 Å². The topological polar surface area (TPSA) is 21.3 Å². The van der Waals surface area contributed by atoms with Gasteiger partial charge < -0.3 is 4.53 Å². The van der Waals surface area contributed by atoms with Crippen molar-refractivity contribution in [2.75, 3.05) is 0 Å². The zero-order valence-electron chi connectivity index (χ0n) is 5.06. The standard InChI is InChI=1S/C5H9NOSi/c1-4-5(2)6-7-8-3/h3-4,6H,1-2H3/b5-4-. The van der Waals surface area contributed by atoms with Gasteiger partial charge in [-0.25, -0.2) is 5.48 Å². The monoisotopic (exact) mass is 127 g/mol. The molecule has 0 saturated heterocycles. The third-order valence-corrected chi connectivity index (χ3v) is 0.924. The van der Waals surface area contributed by atoms with E-state index < -0.39 is 0 Å². The van der Waals surface area contributed by atoms with Gasteiger partial charge in [0.15, 0.2) is 0 Å². The molecule has 0 rings (SSSR count). The van der Waals surface area contributed by atoms with Gasteiger partial charge in [-0.3, -0.25) is 0 Å². The fourth-order valence-electron chi connectivity index (χ4n) is 0.169. The first-order chi connectivity index (χ1) is 3.81. The van der Waals surface area contributed by atoms with Crippen molar-refractivity contribution in [3.05, 3.63) is 11.8 Å². The van der Waals surface area contributed by atoms with E-state index in [1.807, 2.05) is 19.9 Å². The molecule has 0 unspecified atom stereocenters.